The molecule has 0 radical (unpaired) electrons. The number of amides is 1. The van der Waals surface area contributed by atoms with Crippen LogP contribution in [-0.2, 0) is 17.8 Å². The number of rotatable bonds is 3. The Morgan fingerprint density at radius 1 is 1.32 bits per heavy atom. The van der Waals surface area contributed by atoms with E-state index in [1.165, 1.54) is 23.3 Å². The van der Waals surface area contributed by atoms with E-state index in [2.05, 4.69) is 40.5 Å². The second kappa shape index (κ2) is 9.75. The second-order valence-electron chi connectivity index (χ2n) is 6.77. The summed E-state index contributed by atoms with van der Waals surface area (Å²) in [6, 6.07) is 2.14. The van der Waals surface area contributed by atoms with Gasteiger partial charge in [-0.2, -0.15) is 0 Å². The summed E-state index contributed by atoms with van der Waals surface area (Å²) >= 11 is 1.80. The van der Waals surface area contributed by atoms with Gasteiger partial charge in [0, 0.05) is 37.6 Å². The number of aliphatic imine (C=N–C) groups is 1. The predicted octanol–water partition coefficient (Wildman–Crippen LogP) is 2.95. The fraction of sp³-hybridized carbons (Fsp3) is 0.667. The van der Waals surface area contributed by atoms with Crippen LogP contribution in [0.4, 0.5) is 0 Å². The maximum atomic E-state index is 12.5. The summed E-state index contributed by atoms with van der Waals surface area (Å²) in [4.78, 5) is 22.8. The van der Waals surface area contributed by atoms with Gasteiger partial charge in [-0.05, 0) is 49.1 Å². The third-order valence-electron chi connectivity index (χ3n) is 4.94. The molecule has 1 fully saturated rings. The zero-order valence-corrected chi connectivity index (χ0v) is 18.3. The van der Waals surface area contributed by atoms with E-state index < -0.39 is 0 Å². The van der Waals surface area contributed by atoms with Crippen LogP contribution in [0, 0.1) is 5.92 Å². The van der Waals surface area contributed by atoms with E-state index in [0.717, 1.165) is 51.0 Å². The van der Waals surface area contributed by atoms with E-state index in [0.29, 0.717) is 0 Å². The summed E-state index contributed by atoms with van der Waals surface area (Å²) in [6.07, 6.45) is 3.38. The van der Waals surface area contributed by atoms with Gasteiger partial charge in [-0.3, -0.25) is 4.79 Å². The number of carbonyl (C=O) groups excluding carboxylic acids is 1. The van der Waals surface area contributed by atoms with Crippen molar-refractivity contribution in [1.82, 2.24) is 15.1 Å². The molecule has 25 heavy (non-hydrogen) atoms. The molecule has 1 aromatic heterocycles. The van der Waals surface area contributed by atoms with E-state index >= 15 is 0 Å². The van der Waals surface area contributed by atoms with Crippen molar-refractivity contribution in [3.8, 4) is 0 Å². The number of hydrogen-bond donors (Lipinski definition) is 1. The third-order valence-corrected chi connectivity index (χ3v) is 5.97. The first-order valence-corrected chi connectivity index (χ1v) is 9.91. The Hall–Kier alpha value is -0.830. The third kappa shape index (κ3) is 5.32. The quantitative estimate of drug-likeness (QED) is 0.415. The van der Waals surface area contributed by atoms with Crippen molar-refractivity contribution in [3.63, 3.8) is 0 Å². The van der Waals surface area contributed by atoms with Crippen LogP contribution in [0.3, 0.4) is 0 Å². The van der Waals surface area contributed by atoms with Gasteiger partial charge in [0.25, 0.3) is 0 Å². The summed E-state index contributed by atoms with van der Waals surface area (Å²) in [5.41, 5.74) is 1.31. The van der Waals surface area contributed by atoms with Gasteiger partial charge in [-0.15, -0.1) is 35.3 Å². The molecule has 1 N–H and O–H groups in total. The molecule has 0 unspecified atom stereocenters. The van der Waals surface area contributed by atoms with E-state index in [9.17, 15) is 4.79 Å². The molecule has 140 valence electrons. The Morgan fingerprint density at radius 3 is 2.80 bits per heavy atom. The minimum Gasteiger partial charge on any atom is -0.357 e. The van der Waals surface area contributed by atoms with Gasteiger partial charge >= 0.3 is 0 Å². The summed E-state index contributed by atoms with van der Waals surface area (Å²) < 4.78 is 0. The topological polar surface area (TPSA) is 47.9 Å². The lowest BCUT2D eigenvalue weighted by Crippen LogP contribution is -2.46. The number of piperidine rings is 1. The molecule has 2 aliphatic rings. The molecule has 5 nitrogen and oxygen atoms in total. The van der Waals surface area contributed by atoms with Crippen molar-refractivity contribution in [2.45, 2.75) is 39.7 Å². The van der Waals surface area contributed by atoms with Crippen molar-refractivity contribution in [2.24, 2.45) is 10.9 Å². The lowest BCUT2D eigenvalue weighted by atomic mass is 10.00. The molecular formula is C18H29IN4OS. The van der Waals surface area contributed by atoms with Crippen LogP contribution in [0.25, 0.3) is 0 Å². The smallest absolute Gasteiger partial charge is 0.244 e. The molecule has 1 aromatic rings. The molecule has 1 saturated heterocycles. The first-order chi connectivity index (χ1) is 11.7. The number of thiophene rings is 1. The highest BCUT2D eigenvalue weighted by Gasteiger charge is 2.22. The van der Waals surface area contributed by atoms with Gasteiger partial charge in [-0.25, -0.2) is 4.99 Å². The van der Waals surface area contributed by atoms with Gasteiger partial charge < -0.3 is 15.1 Å². The van der Waals surface area contributed by atoms with Crippen molar-refractivity contribution in [2.75, 3.05) is 32.7 Å². The van der Waals surface area contributed by atoms with Crippen LogP contribution in [-0.4, -0.2) is 54.4 Å². The average Bonchev–Trinajstić information content (AvgIpc) is 3.07. The highest BCUT2D eigenvalue weighted by molar-refractivity contribution is 14.0. The molecule has 0 bridgehead atoms. The Kier molecular flexibility index (Phi) is 7.99. The van der Waals surface area contributed by atoms with Gasteiger partial charge in [0.1, 0.15) is 6.54 Å². The second-order valence-corrected chi connectivity index (χ2v) is 7.77. The number of nitrogens with one attached hydrogen (secondary N) is 1. The number of guanidine groups is 1. The zero-order chi connectivity index (χ0) is 16.9. The van der Waals surface area contributed by atoms with Gasteiger partial charge in [0.15, 0.2) is 5.96 Å². The zero-order valence-electron chi connectivity index (χ0n) is 15.2. The first kappa shape index (κ1) is 20.5. The van der Waals surface area contributed by atoms with Gasteiger partial charge in [0.05, 0.1) is 0 Å². The molecule has 3 heterocycles. The van der Waals surface area contributed by atoms with Crippen molar-refractivity contribution >= 4 is 47.2 Å². The Labute approximate surface area is 171 Å². The van der Waals surface area contributed by atoms with Crippen molar-refractivity contribution in [3.05, 3.63) is 21.9 Å². The number of nitrogens with zero attached hydrogens (tertiary/aromatic N) is 3. The van der Waals surface area contributed by atoms with E-state index in [-0.39, 0.29) is 36.4 Å². The average molecular weight is 476 g/mol. The summed E-state index contributed by atoms with van der Waals surface area (Å²) in [5, 5.41) is 5.47. The van der Waals surface area contributed by atoms with Crippen LogP contribution in [0.15, 0.2) is 16.4 Å². The Morgan fingerprint density at radius 2 is 2.08 bits per heavy atom. The van der Waals surface area contributed by atoms with Crippen LogP contribution >= 0.6 is 35.3 Å². The van der Waals surface area contributed by atoms with Crippen LogP contribution in [0.5, 0.6) is 0 Å². The first-order valence-electron chi connectivity index (χ1n) is 9.03. The maximum Gasteiger partial charge on any atom is 0.244 e. The summed E-state index contributed by atoms with van der Waals surface area (Å²) in [7, 11) is 0. The molecule has 1 amide bonds. The molecule has 0 aromatic carbocycles. The Bertz CT molecular complexity index is 596. The number of likely N-dealkylation sites (tertiary alicyclic amines) is 1. The molecule has 0 spiro atoms. The number of carbonyl (C=O) groups is 1. The van der Waals surface area contributed by atoms with Crippen molar-refractivity contribution < 1.29 is 4.79 Å². The minimum atomic E-state index is 0. The number of hydrogen-bond acceptors (Lipinski definition) is 3. The highest BCUT2D eigenvalue weighted by Crippen LogP contribution is 2.24. The molecule has 7 heteroatoms. The lowest BCUT2D eigenvalue weighted by molar-refractivity contribution is -0.130. The van der Waals surface area contributed by atoms with Gasteiger partial charge in [0.2, 0.25) is 5.91 Å². The van der Waals surface area contributed by atoms with Crippen LogP contribution in [0.2, 0.25) is 0 Å². The van der Waals surface area contributed by atoms with Gasteiger partial charge in [-0.1, -0.05) is 6.92 Å². The number of fused-ring (bicyclic) bond motifs is 1. The normalized spacial score (nSPS) is 18.6. The maximum absolute atomic E-state index is 12.5. The van der Waals surface area contributed by atoms with Crippen LogP contribution < -0.4 is 5.32 Å². The molecule has 0 aliphatic carbocycles. The predicted molar refractivity (Wildman–Crippen MR) is 115 cm³/mol. The Balaban J connectivity index is 0.00000225. The van der Waals surface area contributed by atoms with E-state index in [4.69, 9.17) is 0 Å². The standard InChI is InChI=1S/C18H28N4OS.HI/c1-3-19-18(21-8-4-14(2)5-9-21)20-12-17(23)22-10-6-16-15(13-22)7-11-24-16;/h7,11,14H,3-6,8-10,12-13H2,1-2H3,(H,19,20);1H. The highest BCUT2D eigenvalue weighted by atomic mass is 127. The molecule has 0 saturated carbocycles. The molecule has 2 aliphatic heterocycles. The van der Waals surface area contributed by atoms with E-state index in [1.807, 2.05) is 4.90 Å². The monoisotopic (exact) mass is 476 g/mol. The van der Waals surface area contributed by atoms with E-state index in [1.54, 1.807) is 11.3 Å². The lowest BCUT2D eigenvalue weighted by Gasteiger charge is -2.33. The summed E-state index contributed by atoms with van der Waals surface area (Å²) in [5.74, 6) is 1.82. The largest absolute Gasteiger partial charge is 0.357 e. The van der Waals surface area contributed by atoms with Crippen molar-refractivity contribution in [1.29, 1.82) is 0 Å². The molecule has 0 atom stereocenters. The summed E-state index contributed by atoms with van der Waals surface area (Å²) in [6.45, 7) is 9.08. The fourth-order valence-corrected chi connectivity index (χ4v) is 4.24. The SMILES string of the molecule is CCNC(=NCC(=O)N1CCc2sccc2C1)N1CCC(C)CC1.I. The fourth-order valence-electron chi connectivity index (χ4n) is 3.35. The molecule has 3 rings (SSSR count). The molecular weight excluding hydrogens is 447 g/mol. The van der Waals surface area contributed by atoms with Crippen LogP contribution in [0.1, 0.15) is 37.1 Å². The number of halogens is 1. The minimum absolute atomic E-state index is 0.